The lowest BCUT2D eigenvalue weighted by Crippen LogP contribution is -2.36. The summed E-state index contributed by atoms with van der Waals surface area (Å²) in [7, 11) is 1.62. The van der Waals surface area contributed by atoms with E-state index in [9.17, 15) is 14.9 Å². The minimum Gasteiger partial charge on any atom is -0.497 e. The van der Waals surface area contributed by atoms with Crippen molar-refractivity contribution < 1.29 is 14.4 Å². The van der Waals surface area contributed by atoms with Crippen LogP contribution in [0.2, 0.25) is 0 Å². The van der Waals surface area contributed by atoms with Crippen LogP contribution in [0.1, 0.15) is 11.1 Å². The number of hydrogen-bond acceptors (Lipinski definition) is 8. The van der Waals surface area contributed by atoms with Crippen molar-refractivity contribution >= 4 is 34.0 Å². The van der Waals surface area contributed by atoms with Gasteiger partial charge in [0, 0.05) is 36.7 Å². The van der Waals surface area contributed by atoms with Gasteiger partial charge < -0.3 is 14.4 Å². The average molecular weight is 519 g/mol. The Morgan fingerprint density at radius 3 is 2.41 bits per heavy atom. The number of thioether (sulfide) groups is 1. The maximum Gasteiger partial charge on any atom is 0.269 e. The molecule has 4 aromatic rings. The number of anilines is 1. The molecule has 37 heavy (non-hydrogen) atoms. The molecule has 0 saturated carbocycles. The molecule has 0 aliphatic carbocycles. The summed E-state index contributed by atoms with van der Waals surface area (Å²) < 4.78 is 12.4. The van der Waals surface area contributed by atoms with Crippen LogP contribution in [-0.2, 0) is 17.0 Å². The summed E-state index contributed by atoms with van der Waals surface area (Å²) in [5.41, 5.74) is 3.41. The Hall–Kier alpha value is -3.89. The quantitative estimate of drug-likeness (QED) is 0.146. The lowest BCUT2D eigenvalue weighted by atomic mass is 10.2. The highest BCUT2D eigenvalue weighted by Gasteiger charge is 2.17. The molecule has 1 fully saturated rings. The molecule has 190 valence electrons. The van der Waals surface area contributed by atoms with E-state index < -0.39 is 4.92 Å². The molecule has 0 bridgehead atoms. The van der Waals surface area contributed by atoms with Gasteiger partial charge in [-0.15, -0.1) is 0 Å². The third kappa shape index (κ3) is 5.60. The predicted molar refractivity (Wildman–Crippen MR) is 144 cm³/mol. The van der Waals surface area contributed by atoms with Gasteiger partial charge in [-0.25, -0.2) is 4.98 Å². The highest BCUT2D eigenvalue weighted by molar-refractivity contribution is 7.98. The van der Waals surface area contributed by atoms with Crippen molar-refractivity contribution in [3.05, 3.63) is 98.3 Å². The monoisotopic (exact) mass is 518 g/mol. The zero-order chi connectivity index (χ0) is 25.8. The van der Waals surface area contributed by atoms with E-state index in [1.807, 2.05) is 42.5 Å². The van der Waals surface area contributed by atoms with Gasteiger partial charge in [0.1, 0.15) is 5.75 Å². The van der Waals surface area contributed by atoms with Gasteiger partial charge in [-0.1, -0.05) is 36.0 Å². The Bertz CT molecular complexity index is 1470. The maximum atomic E-state index is 13.8. The van der Waals surface area contributed by atoms with E-state index in [1.165, 1.54) is 23.9 Å². The molecule has 0 N–H and O–H groups in total. The van der Waals surface area contributed by atoms with Gasteiger partial charge in [-0.05, 0) is 41.5 Å². The highest BCUT2D eigenvalue weighted by Crippen LogP contribution is 2.26. The number of non-ortho nitro benzene ring substituents is 1. The molecular formula is C27H26N4O5S. The lowest BCUT2D eigenvalue weighted by molar-refractivity contribution is -0.384. The standard InChI is InChI=1S/C27H26N4O5S/c1-35-23-9-4-19(5-10-23)17-30-26(32)24-16-22(29-12-14-36-15-13-29)8-11-25(24)28-27(30)37-18-20-2-6-21(7-3-20)31(33)34/h2-11,16H,12-15,17-18H2,1H3. The SMILES string of the molecule is COc1ccc(Cn2c(SCc3ccc([N+](=O)[O-])cc3)nc3ccc(N4CCOCC4)cc3c2=O)cc1. The van der Waals surface area contributed by atoms with E-state index in [1.54, 1.807) is 23.8 Å². The number of fused-ring (bicyclic) bond motifs is 1. The van der Waals surface area contributed by atoms with Crippen LogP contribution >= 0.6 is 11.8 Å². The third-order valence-electron chi connectivity index (χ3n) is 6.29. The van der Waals surface area contributed by atoms with Gasteiger partial charge in [-0.3, -0.25) is 19.5 Å². The van der Waals surface area contributed by atoms with Crippen molar-refractivity contribution in [3.63, 3.8) is 0 Å². The molecule has 1 saturated heterocycles. The molecule has 1 aliphatic rings. The molecule has 3 aromatic carbocycles. The summed E-state index contributed by atoms with van der Waals surface area (Å²) in [6, 6.07) is 19.9. The van der Waals surface area contributed by atoms with Crippen LogP contribution in [-0.4, -0.2) is 47.9 Å². The molecule has 1 aromatic heterocycles. The number of methoxy groups -OCH3 is 1. The Morgan fingerprint density at radius 2 is 1.73 bits per heavy atom. The molecule has 0 amide bonds. The van der Waals surface area contributed by atoms with Crippen LogP contribution in [0.15, 0.2) is 76.7 Å². The van der Waals surface area contributed by atoms with E-state index in [-0.39, 0.29) is 11.2 Å². The van der Waals surface area contributed by atoms with Crippen molar-refractivity contribution in [3.8, 4) is 5.75 Å². The van der Waals surface area contributed by atoms with E-state index in [0.29, 0.717) is 41.6 Å². The van der Waals surface area contributed by atoms with Crippen LogP contribution < -0.4 is 15.2 Å². The van der Waals surface area contributed by atoms with Gasteiger partial charge in [0.05, 0.1) is 42.7 Å². The van der Waals surface area contributed by atoms with E-state index in [2.05, 4.69) is 4.90 Å². The highest BCUT2D eigenvalue weighted by atomic mass is 32.2. The van der Waals surface area contributed by atoms with Crippen molar-refractivity contribution in [1.82, 2.24) is 9.55 Å². The number of rotatable bonds is 8. The maximum absolute atomic E-state index is 13.8. The molecule has 10 heteroatoms. The van der Waals surface area contributed by atoms with Crippen LogP contribution in [0, 0.1) is 10.1 Å². The molecule has 0 radical (unpaired) electrons. The van der Waals surface area contributed by atoms with Crippen LogP contribution in [0.3, 0.4) is 0 Å². The number of morpholine rings is 1. The molecule has 0 spiro atoms. The summed E-state index contributed by atoms with van der Waals surface area (Å²) >= 11 is 1.43. The minimum absolute atomic E-state index is 0.0464. The Labute approximate surface area is 217 Å². The number of ether oxygens (including phenoxy) is 2. The lowest BCUT2D eigenvalue weighted by Gasteiger charge is -2.29. The second kappa shape index (κ2) is 11.0. The fourth-order valence-electron chi connectivity index (χ4n) is 4.23. The first-order valence-electron chi connectivity index (χ1n) is 11.9. The smallest absolute Gasteiger partial charge is 0.269 e. The van der Waals surface area contributed by atoms with Gasteiger partial charge >= 0.3 is 0 Å². The molecule has 1 aliphatic heterocycles. The van der Waals surface area contributed by atoms with Crippen molar-refractivity contribution in [2.45, 2.75) is 17.5 Å². The predicted octanol–water partition coefficient (Wildman–Crippen LogP) is 4.49. The van der Waals surface area contributed by atoms with Gasteiger partial charge in [0.2, 0.25) is 0 Å². The Morgan fingerprint density at radius 1 is 1.03 bits per heavy atom. The zero-order valence-corrected chi connectivity index (χ0v) is 21.1. The summed E-state index contributed by atoms with van der Waals surface area (Å²) in [6.45, 7) is 3.24. The second-order valence-corrected chi connectivity index (χ2v) is 9.59. The topological polar surface area (TPSA) is 99.7 Å². The van der Waals surface area contributed by atoms with Crippen molar-refractivity contribution in [2.75, 3.05) is 38.3 Å². The second-order valence-electron chi connectivity index (χ2n) is 8.65. The van der Waals surface area contributed by atoms with Crippen LogP contribution in [0.25, 0.3) is 10.9 Å². The first-order chi connectivity index (χ1) is 18.0. The van der Waals surface area contributed by atoms with E-state index in [4.69, 9.17) is 14.5 Å². The number of hydrogen-bond donors (Lipinski definition) is 0. The fourth-order valence-corrected chi connectivity index (χ4v) is 5.19. The van der Waals surface area contributed by atoms with E-state index in [0.717, 1.165) is 35.7 Å². The molecule has 9 nitrogen and oxygen atoms in total. The van der Waals surface area contributed by atoms with Gasteiger partial charge in [-0.2, -0.15) is 0 Å². The molecular weight excluding hydrogens is 492 g/mol. The largest absolute Gasteiger partial charge is 0.497 e. The first kappa shape index (κ1) is 24.8. The van der Waals surface area contributed by atoms with E-state index >= 15 is 0 Å². The van der Waals surface area contributed by atoms with Crippen molar-refractivity contribution in [2.24, 2.45) is 0 Å². The summed E-state index contributed by atoms with van der Waals surface area (Å²) in [6.07, 6.45) is 0. The third-order valence-corrected chi connectivity index (χ3v) is 7.34. The fraction of sp³-hybridized carbons (Fsp3) is 0.259. The van der Waals surface area contributed by atoms with Crippen LogP contribution in [0.4, 0.5) is 11.4 Å². The molecule has 0 unspecified atom stereocenters. The molecule has 0 atom stereocenters. The number of nitro benzene ring substituents is 1. The summed E-state index contributed by atoms with van der Waals surface area (Å²) in [4.78, 5) is 31.4. The van der Waals surface area contributed by atoms with Gasteiger partial charge in [0.15, 0.2) is 5.16 Å². The first-order valence-corrected chi connectivity index (χ1v) is 12.9. The van der Waals surface area contributed by atoms with Gasteiger partial charge in [0.25, 0.3) is 11.2 Å². The number of nitrogens with zero attached hydrogens (tertiary/aromatic N) is 4. The Kier molecular flexibility index (Phi) is 7.38. The Balaban J connectivity index is 1.51. The zero-order valence-electron chi connectivity index (χ0n) is 20.3. The number of benzene rings is 3. The number of nitro groups is 1. The molecule has 5 rings (SSSR count). The van der Waals surface area contributed by atoms with Crippen LogP contribution in [0.5, 0.6) is 5.75 Å². The summed E-state index contributed by atoms with van der Waals surface area (Å²) in [5.74, 6) is 1.26. The number of aromatic nitrogens is 2. The normalized spacial score (nSPS) is 13.6. The minimum atomic E-state index is -0.417. The summed E-state index contributed by atoms with van der Waals surface area (Å²) in [5, 5.41) is 12.1. The van der Waals surface area contributed by atoms with Crippen molar-refractivity contribution in [1.29, 1.82) is 0 Å². The molecule has 2 heterocycles. The average Bonchev–Trinajstić information content (AvgIpc) is 2.94.